The summed E-state index contributed by atoms with van der Waals surface area (Å²) in [4.78, 5) is 70.2. The van der Waals surface area contributed by atoms with Crippen LogP contribution in [0.2, 0.25) is 0 Å². The number of aryl methyl sites for hydroxylation is 2. The molecule has 130 heavy (non-hydrogen) atoms. The Morgan fingerprint density at radius 1 is 0.285 bits per heavy atom. The molecule has 2 heterocycles. The number of carbonyl (C=O) groups is 6. The van der Waals surface area contributed by atoms with Crippen molar-refractivity contribution >= 4 is 140 Å². The number of methoxy groups -OCH3 is 2. The van der Waals surface area contributed by atoms with E-state index >= 15 is 0 Å². The first-order valence-electron chi connectivity index (χ1n) is 39.3. The molecule has 34 nitrogen and oxygen atoms in total. The summed E-state index contributed by atoms with van der Waals surface area (Å²) < 4.78 is 190. The number of furan rings is 2. The van der Waals surface area contributed by atoms with E-state index < -0.39 is 160 Å². The Hall–Kier alpha value is -13.1. The number of hydrogen-bond acceptors (Lipinski definition) is 22. The quantitative estimate of drug-likeness (QED) is 0.0209. The molecule has 2 aromatic heterocycles. The predicted molar refractivity (Wildman–Crippen MR) is 476 cm³/mol. The van der Waals surface area contributed by atoms with Crippen LogP contribution in [0.3, 0.4) is 0 Å². The van der Waals surface area contributed by atoms with Gasteiger partial charge in [-0.3, -0.25) is 28.8 Å². The van der Waals surface area contributed by atoms with E-state index in [9.17, 15) is 110 Å². The number of para-hydroxylation sites is 2. The Bertz CT molecular complexity index is 6720. The first-order valence-corrected chi connectivity index (χ1v) is 47.9. The van der Waals surface area contributed by atoms with Crippen molar-refractivity contribution in [2.45, 2.75) is 108 Å². The van der Waals surface area contributed by atoms with Crippen LogP contribution in [0.5, 0.6) is 11.5 Å². The van der Waals surface area contributed by atoms with Crippen LogP contribution in [0.25, 0.3) is 43.9 Å². The smallest absolute Gasteiger partial charge is 0.321 e. The van der Waals surface area contributed by atoms with Crippen molar-refractivity contribution in [3.8, 4) is 11.5 Å². The largest absolute Gasteiger partial charge is 0.497 e. The summed E-state index contributed by atoms with van der Waals surface area (Å²) in [5.41, 5.74) is 5.51. The number of carboxylic acid groups (broad SMARTS) is 6. The van der Waals surface area contributed by atoms with Crippen molar-refractivity contribution in [1.29, 1.82) is 0 Å². The third-order valence-corrected chi connectivity index (χ3v) is 31.9. The Kier molecular flexibility index (Phi) is 30.8. The molecule has 13 rings (SSSR count). The first kappa shape index (κ1) is 97.5. The highest BCUT2D eigenvalue weighted by Crippen LogP contribution is 2.37. The maximum Gasteiger partial charge on any atom is 0.321 e. The minimum atomic E-state index is -4.43. The van der Waals surface area contributed by atoms with Gasteiger partial charge in [-0.2, -0.15) is 25.8 Å². The Morgan fingerprint density at radius 2 is 0.508 bits per heavy atom. The molecule has 2 atom stereocenters. The number of nitrogens with zero attached hydrogens (tertiary/aromatic N) is 6. The molecule has 0 aliphatic rings. The highest BCUT2D eigenvalue weighted by Gasteiger charge is 2.39. The van der Waals surface area contributed by atoms with Crippen LogP contribution in [0.15, 0.2) is 293 Å². The molecule has 0 bridgehead atoms. The fourth-order valence-corrected chi connectivity index (χ4v) is 22.5. The van der Waals surface area contributed by atoms with E-state index in [0.717, 1.165) is 37.0 Å². The number of hydrogen-bond donors (Lipinski definition) is 6. The number of fused-ring (bicyclic) bond motifs is 6. The van der Waals surface area contributed by atoms with Crippen LogP contribution < -0.4 is 9.47 Å². The van der Waals surface area contributed by atoms with Gasteiger partial charge < -0.3 is 48.9 Å². The number of rotatable bonds is 38. The molecule has 0 aliphatic heterocycles. The second-order valence-corrected chi connectivity index (χ2v) is 41.1. The number of sulfonamides is 6. The lowest BCUT2D eigenvalue weighted by molar-refractivity contribution is -0.142. The fraction of sp³-hybridized carbons (Fsp3) is 0.200. The first-order chi connectivity index (χ1) is 61.4. The number of carboxylic acids is 6. The van der Waals surface area contributed by atoms with Crippen molar-refractivity contribution in [3.05, 3.63) is 299 Å². The number of aliphatic carboxylic acids is 6. The zero-order valence-electron chi connectivity index (χ0n) is 70.3. The third-order valence-electron chi connectivity index (χ3n) is 20.8. The summed E-state index contributed by atoms with van der Waals surface area (Å²) >= 11 is 0. The van der Waals surface area contributed by atoms with E-state index in [1.807, 2.05) is 0 Å². The van der Waals surface area contributed by atoms with Gasteiger partial charge in [0.15, 0.2) is 0 Å². The maximum absolute atomic E-state index is 14.0. The van der Waals surface area contributed by atoms with Crippen molar-refractivity contribution in [1.82, 2.24) is 25.8 Å². The summed E-state index contributed by atoms with van der Waals surface area (Å²) in [6.07, 6.45) is 0. The van der Waals surface area contributed by atoms with Crippen LogP contribution >= 0.6 is 0 Å². The van der Waals surface area contributed by atoms with Gasteiger partial charge in [-0.15, -0.1) is 0 Å². The summed E-state index contributed by atoms with van der Waals surface area (Å²) in [6.45, 7) is 0.0810. The van der Waals surface area contributed by atoms with Crippen LogP contribution in [0.4, 0.5) is 0 Å². The summed E-state index contributed by atoms with van der Waals surface area (Å²) in [7, 11) is -23.2. The van der Waals surface area contributed by atoms with Crippen LogP contribution in [-0.2, 0) is 128 Å². The second-order valence-electron chi connectivity index (χ2n) is 29.6. The molecule has 0 saturated carbocycles. The van der Waals surface area contributed by atoms with Crippen molar-refractivity contribution in [3.63, 3.8) is 0 Å². The van der Waals surface area contributed by atoms with Gasteiger partial charge in [-0.25, -0.2) is 50.5 Å². The van der Waals surface area contributed by atoms with Gasteiger partial charge >= 0.3 is 35.8 Å². The Balaban J connectivity index is 0.000000191. The predicted octanol–water partition coefficient (Wildman–Crippen LogP) is 11.9. The van der Waals surface area contributed by atoms with E-state index in [1.165, 1.54) is 149 Å². The van der Waals surface area contributed by atoms with Crippen molar-refractivity contribution in [2.75, 3.05) is 40.4 Å². The average molecular weight is 1890 g/mol. The topological polar surface area (TPSA) is 493 Å². The number of benzene rings is 11. The SMILES string of the molecule is COc1ccc(S(=O)(=O)N(Cc2ccccc2CN(C(C)C(=O)O)S(=O)(=O)c2ccc(OC)cc2)C(C)C(=O)O)cc1.Cc1ccc(S(=O)(=O)N(CC(=O)O)Cc2ccccc2CN(CC(=O)O)S(=O)(=O)c2ccc(C)cc2)cc1.O=C(O)CN(Cc1ccccc1CN(CC(=O)O)S(=O)(=O)c1ccc2oc3ccccc3c2c1)S(=O)(=O)c1ccc2oc3ccccc3c2c1. The van der Waals surface area contributed by atoms with Gasteiger partial charge in [0.2, 0.25) is 60.1 Å². The molecule has 0 radical (unpaired) electrons. The summed E-state index contributed by atoms with van der Waals surface area (Å²) in [6, 6.07) is 61.4. The third kappa shape index (κ3) is 22.8. The highest BCUT2D eigenvalue weighted by atomic mass is 32.2. The standard InChI is InChI=1S/C36H28N2O10S2.C28H32N2O10S2.C26H28N2O8S2/c39-35(40)21-37(49(43,44)25-13-15-33-29(17-25)27-9-3-5-11-31(27)47-33)19-23-7-1-2-8-24(23)20-38(22-36(41)42)50(45,46)26-14-16-34-30(18-26)28-10-4-6-12-32(28)48-34;1-19(27(31)32)29(41(35,36)25-13-9-23(39-3)10-14-25)17-21-7-5-6-8-22(21)18-30(20(2)28(33)34)42(37,38)26-15-11-24(40-4)12-16-26;1-19-7-11-23(12-8-19)37(33,34)27(17-25(29)30)15-21-5-3-4-6-22(21)16-28(18-26(31)32)38(35,36)24-13-9-20(2)10-14-24/h1-18H,19-22H2,(H,39,40)(H,41,42);5-16,19-20H,17-18H2,1-4H3,(H,31,32)(H,33,34);3-14H,15-18H2,1-2H3,(H,29,30)(H,31,32). The lowest BCUT2D eigenvalue weighted by atomic mass is 10.1. The molecular weight excluding hydrogens is 1810 g/mol. The molecule has 0 saturated heterocycles. The molecule has 0 amide bonds. The molecule has 6 N–H and O–H groups in total. The monoisotopic (exact) mass is 1890 g/mol. The molecule has 13 aromatic rings. The zero-order chi connectivity index (χ0) is 94.5. The normalized spacial score (nSPS) is 12.7. The minimum Gasteiger partial charge on any atom is -0.497 e. The van der Waals surface area contributed by atoms with Crippen LogP contribution in [0.1, 0.15) is 58.4 Å². The fourth-order valence-electron chi connectivity index (χ4n) is 13.8. The van der Waals surface area contributed by atoms with Gasteiger partial charge in [-0.05, 0) is 182 Å². The van der Waals surface area contributed by atoms with Gasteiger partial charge in [0.05, 0.1) is 43.6 Å². The van der Waals surface area contributed by atoms with E-state index in [-0.39, 0.29) is 64.7 Å². The van der Waals surface area contributed by atoms with Crippen LogP contribution in [0, 0.1) is 13.8 Å². The molecule has 11 aromatic carbocycles. The van der Waals surface area contributed by atoms with Gasteiger partial charge in [-0.1, -0.05) is 145 Å². The Labute approximate surface area is 748 Å². The van der Waals surface area contributed by atoms with Gasteiger partial charge in [0, 0.05) is 60.8 Å². The molecule has 0 spiro atoms. The number of ether oxygens (including phenoxy) is 2. The molecule has 682 valence electrons. The molecule has 40 heteroatoms. The van der Waals surface area contributed by atoms with E-state index in [4.69, 9.17) is 18.3 Å². The minimum absolute atomic E-state index is 0.0868. The average Bonchev–Trinajstić information content (AvgIpc) is 1.59. The van der Waals surface area contributed by atoms with E-state index in [0.29, 0.717) is 66.5 Å². The van der Waals surface area contributed by atoms with Crippen LogP contribution in [-0.4, -0.2) is 195 Å². The zero-order valence-corrected chi connectivity index (χ0v) is 75.2. The van der Waals surface area contributed by atoms with Gasteiger partial charge in [0.1, 0.15) is 72.1 Å². The van der Waals surface area contributed by atoms with Crippen molar-refractivity contribution in [2.24, 2.45) is 0 Å². The molecular formula is C90H88N6O28S6. The highest BCUT2D eigenvalue weighted by molar-refractivity contribution is 7.90. The summed E-state index contributed by atoms with van der Waals surface area (Å²) in [5, 5.41) is 60.3. The molecule has 0 aliphatic carbocycles. The second kappa shape index (κ2) is 41.1. The summed E-state index contributed by atoms with van der Waals surface area (Å²) in [5.74, 6) is -7.53. The lowest BCUT2D eigenvalue weighted by Gasteiger charge is -2.29. The molecule has 2 unspecified atom stereocenters. The lowest BCUT2D eigenvalue weighted by Crippen LogP contribution is -2.44. The Morgan fingerprint density at radius 3 is 0.769 bits per heavy atom. The van der Waals surface area contributed by atoms with E-state index in [2.05, 4.69) is 0 Å². The van der Waals surface area contributed by atoms with E-state index in [1.54, 1.807) is 147 Å². The molecule has 0 fully saturated rings. The van der Waals surface area contributed by atoms with Gasteiger partial charge in [0.25, 0.3) is 0 Å². The maximum atomic E-state index is 14.0. The van der Waals surface area contributed by atoms with Crippen molar-refractivity contribution < 1.29 is 128 Å².